The highest BCUT2D eigenvalue weighted by atomic mass is 16.5. The fraction of sp³-hybridized carbons (Fsp3) is 0.833. The van der Waals surface area contributed by atoms with Crippen LogP contribution in [0.3, 0.4) is 0 Å². The van der Waals surface area contributed by atoms with Gasteiger partial charge in [0.25, 0.3) is 0 Å². The second-order valence-electron chi connectivity index (χ2n) is 5.27. The topological polar surface area (TPSA) is 78.9 Å². The molecular weight excluding hydrogens is 236 g/mol. The van der Waals surface area contributed by atoms with Gasteiger partial charge in [-0.3, -0.25) is 4.79 Å². The van der Waals surface area contributed by atoms with Gasteiger partial charge in [-0.15, -0.1) is 0 Å². The van der Waals surface area contributed by atoms with Crippen LogP contribution in [0.2, 0.25) is 0 Å². The van der Waals surface area contributed by atoms with Crippen LogP contribution in [0, 0.1) is 5.92 Å². The number of rotatable bonds is 5. The van der Waals surface area contributed by atoms with E-state index in [4.69, 9.17) is 9.84 Å². The summed E-state index contributed by atoms with van der Waals surface area (Å²) < 4.78 is 5.42. The molecule has 0 spiro atoms. The summed E-state index contributed by atoms with van der Waals surface area (Å²) in [5.41, 5.74) is -0.166. The Kier molecular flexibility index (Phi) is 3.75. The van der Waals surface area contributed by atoms with Crippen molar-refractivity contribution in [1.82, 2.24) is 10.2 Å². The molecule has 0 radical (unpaired) electrons. The first-order valence-electron chi connectivity index (χ1n) is 6.34. The number of likely N-dealkylation sites (tertiary alicyclic amines) is 1. The van der Waals surface area contributed by atoms with Gasteiger partial charge in [0.15, 0.2) is 0 Å². The van der Waals surface area contributed by atoms with E-state index in [0.717, 1.165) is 19.3 Å². The molecule has 0 aromatic carbocycles. The third-order valence-electron chi connectivity index (χ3n) is 3.97. The Labute approximate surface area is 106 Å². The first-order chi connectivity index (χ1) is 8.54. The van der Waals surface area contributed by atoms with Gasteiger partial charge in [-0.05, 0) is 19.3 Å². The summed E-state index contributed by atoms with van der Waals surface area (Å²) in [6.45, 7) is 1.62. The van der Waals surface area contributed by atoms with Crippen LogP contribution in [0.4, 0.5) is 4.79 Å². The van der Waals surface area contributed by atoms with Gasteiger partial charge < -0.3 is 20.1 Å². The fourth-order valence-corrected chi connectivity index (χ4v) is 2.48. The zero-order valence-electron chi connectivity index (χ0n) is 10.6. The molecule has 0 bridgehead atoms. The maximum atomic E-state index is 11.8. The van der Waals surface area contributed by atoms with Crippen molar-refractivity contribution in [1.29, 1.82) is 0 Å². The Morgan fingerprint density at radius 1 is 1.44 bits per heavy atom. The maximum Gasteiger partial charge on any atom is 0.317 e. The summed E-state index contributed by atoms with van der Waals surface area (Å²) >= 11 is 0. The highest BCUT2D eigenvalue weighted by molar-refractivity contribution is 5.75. The highest BCUT2D eigenvalue weighted by Gasteiger charge is 2.38. The third-order valence-corrected chi connectivity index (χ3v) is 3.97. The molecule has 2 N–H and O–H groups in total. The van der Waals surface area contributed by atoms with E-state index < -0.39 is 5.97 Å². The third kappa shape index (κ3) is 2.75. The summed E-state index contributed by atoms with van der Waals surface area (Å²) in [7, 11) is 1.68. The predicted octanol–water partition coefficient (Wildman–Crippen LogP) is 0.672. The lowest BCUT2D eigenvalue weighted by Gasteiger charge is -2.42. The molecule has 1 heterocycles. The van der Waals surface area contributed by atoms with E-state index in [9.17, 15) is 9.59 Å². The minimum Gasteiger partial charge on any atom is -0.481 e. The van der Waals surface area contributed by atoms with Gasteiger partial charge in [0.05, 0.1) is 12.0 Å². The highest BCUT2D eigenvalue weighted by Crippen LogP contribution is 2.34. The quantitative estimate of drug-likeness (QED) is 0.758. The Hall–Kier alpha value is -1.30. The molecule has 0 aromatic heterocycles. The second-order valence-corrected chi connectivity index (χ2v) is 5.27. The molecule has 1 aliphatic carbocycles. The number of urea groups is 1. The monoisotopic (exact) mass is 256 g/mol. The molecule has 2 rings (SSSR count). The van der Waals surface area contributed by atoms with E-state index in [1.807, 2.05) is 0 Å². The molecule has 1 saturated heterocycles. The molecule has 102 valence electrons. The van der Waals surface area contributed by atoms with E-state index in [2.05, 4.69) is 5.32 Å². The number of hydrogen-bond acceptors (Lipinski definition) is 3. The first kappa shape index (κ1) is 13.1. The Balaban J connectivity index is 1.66. The molecule has 6 heteroatoms. The Bertz CT molecular complexity index is 329. The largest absolute Gasteiger partial charge is 0.481 e. The second kappa shape index (κ2) is 5.14. The predicted molar refractivity (Wildman–Crippen MR) is 64.3 cm³/mol. The summed E-state index contributed by atoms with van der Waals surface area (Å²) in [6, 6.07) is -0.111. The summed E-state index contributed by atoms with van der Waals surface area (Å²) in [5.74, 6) is -0.693. The molecule has 2 fully saturated rings. The van der Waals surface area contributed by atoms with Gasteiger partial charge in [-0.1, -0.05) is 0 Å². The SMILES string of the molecule is COC1(CNC(=O)N2CC(CC(=O)O)C2)CCC1. The molecule has 2 aliphatic rings. The number of carbonyl (C=O) groups is 2. The van der Waals surface area contributed by atoms with Crippen molar-refractivity contribution in [2.45, 2.75) is 31.3 Å². The maximum absolute atomic E-state index is 11.8. The lowest BCUT2D eigenvalue weighted by molar-refractivity contribution is -0.139. The van der Waals surface area contributed by atoms with Crippen LogP contribution in [-0.4, -0.2) is 54.4 Å². The van der Waals surface area contributed by atoms with Gasteiger partial charge >= 0.3 is 12.0 Å². The van der Waals surface area contributed by atoms with E-state index in [1.54, 1.807) is 12.0 Å². The molecule has 1 saturated carbocycles. The number of nitrogens with one attached hydrogen (secondary N) is 1. The Morgan fingerprint density at radius 2 is 2.11 bits per heavy atom. The summed E-state index contributed by atoms with van der Waals surface area (Å²) in [6.07, 6.45) is 3.27. The van der Waals surface area contributed by atoms with E-state index >= 15 is 0 Å². The van der Waals surface area contributed by atoms with Gasteiger partial charge in [-0.25, -0.2) is 4.79 Å². The van der Waals surface area contributed by atoms with Gasteiger partial charge in [0.2, 0.25) is 0 Å². The normalized spacial score (nSPS) is 21.9. The number of carboxylic acids is 1. The number of aliphatic carboxylic acids is 1. The van der Waals surface area contributed by atoms with E-state index in [-0.39, 0.29) is 24.0 Å². The standard InChI is InChI=1S/C12H20N2O4/c1-18-12(3-2-4-12)8-13-11(17)14-6-9(7-14)5-10(15)16/h9H,2-8H2,1H3,(H,13,17)(H,15,16). The average molecular weight is 256 g/mol. The molecule has 6 nitrogen and oxygen atoms in total. The van der Waals surface area contributed by atoms with Gasteiger partial charge in [-0.2, -0.15) is 0 Å². The molecule has 0 aromatic rings. The van der Waals surface area contributed by atoms with Crippen molar-refractivity contribution in [3.8, 4) is 0 Å². The van der Waals surface area contributed by atoms with Gasteiger partial charge in [0.1, 0.15) is 0 Å². The van der Waals surface area contributed by atoms with Crippen LogP contribution < -0.4 is 5.32 Å². The Morgan fingerprint density at radius 3 is 2.56 bits per heavy atom. The smallest absolute Gasteiger partial charge is 0.317 e. The number of methoxy groups -OCH3 is 1. The lowest BCUT2D eigenvalue weighted by atomic mass is 9.80. The minimum atomic E-state index is -0.798. The molecule has 18 heavy (non-hydrogen) atoms. The average Bonchev–Trinajstić information content (AvgIpc) is 2.21. The molecule has 0 atom stereocenters. The van der Waals surface area contributed by atoms with Crippen LogP contribution in [0.25, 0.3) is 0 Å². The van der Waals surface area contributed by atoms with E-state index in [0.29, 0.717) is 19.6 Å². The number of carbonyl (C=O) groups excluding carboxylic acids is 1. The summed E-state index contributed by atoms with van der Waals surface area (Å²) in [4.78, 5) is 23.9. The minimum absolute atomic E-state index is 0.105. The van der Waals surface area contributed by atoms with Crippen LogP contribution in [-0.2, 0) is 9.53 Å². The van der Waals surface area contributed by atoms with Crippen molar-refractivity contribution in [3.05, 3.63) is 0 Å². The fourth-order valence-electron chi connectivity index (χ4n) is 2.48. The number of ether oxygens (including phenoxy) is 1. The van der Waals surface area contributed by atoms with Crippen molar-refractivity contribution >= 4 is 12.0 Å². The molecule has 1 aliphatic heterocycles. The molecule has 2 amide bonds. The van der Waals surface area contributed by atoms with Crippen molar-refractivity contribution in [3.63, 3.8) is 0 Å². The lowest BCUT2D eigenvalue weighted by Crippen LogP contribution is -2.57. The van der Waals surface area contributed by atoms with Gasteiger partial charge in [0, 0.05) is 32.7 Å². The molecule has 0 unspecified atom stereocenters. The van der Waals surface area contributed by atoms with Crippen LogP contribution in [0.15, 0.2) is 0 Å². The van der Waals surface area contributed by atoms with Crippen LogP contribution >= 0.6 is 0 Å². The molecular formula is C12H20N2O4. The van der Waals surface area contributed by atoms with Crippen molar-refractivity contribution in [2.75, 3.05) is 26.7 Å². The number of hydrogen-bond donors (Lipinski definition) is 2. The van der Waals surface area contributed by atoms with Crippen LogP contribution in [0.5, 0.6) is 0 Å². The van der Waals surface area contributed by atoms with Crippen LogP contribution in [0.1, 0.15) is 25.7 Å². The van der Waals surface area contributed by atoms with Crippen molar-refractivity contribution < 1.29 is 19.4 Å². The number of carboxylic acid groups (broad SMARTS) is 1. The zero-order chi connectivity index (χ0) is 13.2. The summed E-state index contributed by atoms with van der Waals surface area (Å²) in [5, 5.41) is 11.5. The van der Waals surface area contributed by atoms with Crippen molar-refractivity contribution in [2.24, 2.45) is 5.92 Å². The zero-order valence-corrected chi connectivity index (χ0v) is 10.6. The number of amides is 2. The van der Waals surface area contributed by atoms with E-state index in [1.165, 1.54) is 0 Å². The first-order valence-corrected chi connectivity index (χ1v) is 6.34. The number of nitrogens with zero attached hydrogens (tertiary/aromatic N) is 1.